The first-order valence-electron chi connectivity index (χ1n) is 9.66. The highest BCUT2D eigenvalue weighted by atomic mass is 19.4. The molecule has 168 valence electrons. The van der Waals surface area contributed by atoms with Crippen LogP contribution in [0.5, 0.6) is 5.75 Å². The maximum atomic E-state index is 13.9. The van der Waals surface area contributed by atoms with Gasteiger partial charge in [0.15, 0.2) is 6.29 Å². The van der Waals surface area contributed by atoms with Gasteiger partial charge in [0.05, 0.1) is 30.3 Å². The highest BCUT2D eigenvalue weighted by molar-refractivity contribution is 5.95. The molecule has 0 radical (unpaired) electrons. The van der Waals surface area contributed by atoms with Crippen LogP contribution in [0.25, 0.3) is 0 Å². The third-order valence-electron chi connectivity index (χ3n) is 4.72. The monoisotopic (exact) mass is 441 g/mol. The first kappa shape index (κ1) is 23.0. The van der Waals surface area contributed by atoms with E-state index in [9.17, 15) is 22.4 Å². The number of anilines is 1. The second kappa shape index (κ2) is 8.84. The number of amides is 1. The standard InChI is InChI=1S/C22H23F4NO4/c1-13(2)31-18-9-8-14(10-16(18)22(24,25)26)27-20(28)21(3)11-29-19(30-12-21)15-6-4-5-7-17(15)23/h4-10,13,19H,11-12H2,1-3H3,(H,27,28). The van der Waals surface area contributed by atoms with Gasteiger partial charge in [-0.2, -0.15) is 13.2 Å². The van der Waals surface area contributed by atoms with E-state index < -0.39 is 41.3 Å². The van der Waals surface area contributed by atoms with Crippen molar-refractivity contribution in [2.45, 2.75) is 39.3 Å². The lowest BCUT2D eigenvalue weighted by molar-refractivity contribution is -0.227. The Bertz CT molecular complexity index is 937. The first-order chi connectivity index (χ1) is 14.5. The number of rotatable bonds is 5. The Morgan fingerprint density at radius 1 is 1.16 bits per heavy atom. The minimum Gasteiger partial charge on any atom is -0.490 e. The molecule has 5 nitrogen and oxygen atoms in total. The lowest BCUT2D eigenvalue weighted by atomic mass is 9.90. The van der Waals surface area contributed by atoms with Gasteiger partial charge in [0.2, 0.25) is 5.91 Å². The van der Waals surface area contributed by atoms with Crippen molar-refractivity contribution in [1.82, 2.24) is 0 Å². The van der Waals surface area contributed by atoms with E-state index in [1.54, 1.807) is 26.8 Å². The quantitative estimate of drug-likeness (QED) is 0.638. The molecule has 3 rings (SSSR count). The van der Waals surface area contributed by atoms with Crippen molar-refractivity contribution in [3.05, 3.63) is 59.4 Å². The molecule has 0 saturated carbocycles. The zero-order valence-corrected chi connectivity index (χ0v) is 17.3. The van der Waals surface area contributed by atoms with Crippen LogP contribution in [0.15, 0.2) is 42.5 Å². The lowest BCUT2D eigenvalue weighted by Gasteiger charge is -2.36. The van der Waals surface area contributed by atoms with Crippen molar-refractivity contribution in [1.29, 1.82) is 0 Å². The first-order valence-corrected chi connectivity index (χ1v) is 9.66. The largest absolute Gasteiger partial charge is 0.490 e. The molecular weight excluding hydrogens is 418 g/mol. The Morgan fingerprint density at radius 3 is 2.39 bits per heavy atom. The minimum absolute atomic E-state index is 0.0362. The maximum absolute atomic E-state index is 13.9. The molecule has 1 heterocycles. The van der Waals surface area contributed by atoms with Gasteiger partial charge in [0, 0.05) is 11.3 Å². The number of hydrogen-bond acceptors (Lipinski definition) is 4. The van der Waals surface area contributed by atoms with Gasteiger partial charge in [-0.1, -0.05) is 18.2 Å². The van der Waals surface area contributed by atoms with Gasteiger partial charge in [-0.3, -0.25) is 4.79 Å². The lowest BCUT2D eigenvalue weighted by Crippen LogP contribution is -2.45. The molecule has 0 aliphatic carbocycles. The highest BCUT2D eigenvalue weighted by Gasteiger charge is 2.41. The fourth-order valence-corrected chi connectivity index (χ4v) is 3.05. The number of halogens is 4. The van der Waals surface area contributed by atoms with Crippen molar-refractivity contribution in [2.24, 2.45) is 5.41 Å². The average Bonchev–Trinajstić information content (AvgIpc) is 2.69. The number of benzene rings is 2. The summed E-state index contributed by atoms with van der Waals surface area (Å²) in [5, 5.41) is 2.48. The van der Waals surface area contributed by atoms with E-state index in [1.165, 1.54) is 30.3 Å². The van der Waals surface area contributed by atoms with Crippen LogP contribution in [0, 0.1) is 11.2 Å². The highest BCUT2D eigenvalue weighted by Crippen LogP contribution is 2.39. The van der Waals surface area contributed by atoms with Crippen LogP contribution in [0.4, 0.5) is 23.2 Å². The van der Waals surface area contributed by atoms with E-state index in [1.807, 2.05) is 0 Å². The SMILES string of the molecule is CC(C)Oc1ccc(NC(=O)C2(C)COC(c3ccccc3F)OC2)cc1C(F)(F)F. The summed E-state index contributed by atoms with van der Waals surface area (Å²) >= 11 is 0. The second-order valence-corrected chi connectivity index (χ2v) is 7.87. The fourth-order valence-electron chi connectivity index (χ4n) is 3.05. The van der Waals surface area contributed by atoms with Crippen LogP contribution < -0.4 is 10.1 Å². The molecule has 2 aromatic rings. The van der Waals surface area contributed by atoms with E-state index in [4.69, 9.17) is 14.2 Å². The van der Waals surface area contributed by atoms with E-state index in [-0.39, 0.29) is 30.2 Å². The van der Waals surface area contributed by atoms with Gasteiger partial charge < -0.3 is 19.5 Å². The molecule has 1 saturated heterocycles. The summed E-state index contributed by atoms with van der Waals surface area (Å²) in [4.78, 5) is 12.8. The zero-order valence-electron chi connectivity index (χ0n) is 17.3. The van der Waals surface area contributed by atoms with Crippen molar-refractivity contribution in [3.8, 4) is 5.75 Å². The molecule has 1 aliphatic heterocycles. The Balaban J connectivity index is 1.72. The Morgan fingerprint density at radius 2 is 1.81 bits per heavy atom. The Hall–Kier alpha value is -2.65. The van der Waals surface area contributed by atoms with E-state index in [2.05, 4.69) is 5.32 Å². The minimum atomic E-state index is -4.65. The fraction of sp³-hybridized carbons (Fsp3) is 0.409. The molecular formula is C22H23F4NO4. The van der Waals surface area contributed by atoms with Crippen molar-refractivity contribution in [3.63, 3.8) is 0 Å². The van der Waals surface area contributed by atoms with Crippen molar-refractivity contribution >= 4 is 11.6 Å². The van der Waals surface area contributed by atoms with Crippen LogP contribution >= 0.6 is 0 Å². The van der Waals surface area contributed by atoms with Gasteiger partial charge in [-0.25, -0.2) is 4.39 Å². The smallest absolute Gasteiger partial charge is 0.420 e. The summed E-state index contributed by atoms with van der Waals surface area (Å²) < 4.78 is 70.5. The van der Waals surface area contributed by atoms with Crippen molar-refractivity contribution < 1.29 is 36.6 Å². The van der Waals surface area contributed by atoms with Crippen LogP contribution in [-0.4, -0.2) is 25.2 Å². The number of hydrogen-bond donors (Lipinski definition) is 1. The van der Waals surface area contributed by atoms with Crippen molar-refractivity contribution in [2.75, 3.05) is 18.5 Å². The molecule has 0 unspecified atom stereocenters. The summed E-state index contributed by atoms with van der Waals surface area (Å²) in [6, 6.07) is 9.29. The van der Waals surface area contributed by atoms with E-state index in [0.717, 1.165) is 6.07 Å². The van der Waals surface area contributed by atoms with Crippen LogP contribution in [0.1, 0.15) is 38.2 Å². The second-order valence-electron chi connectivity index (χ2n) is 7.87. The molecule has 31 heavy (non-hydrogen) atoms. The molecule has 1 fully saturated rings. The molecule has 2 aromatic carbocycles. The molecule has 0 atom stereocenters. The Labute approximate surface area is 177 Å². The molecule has 0 bridgehead atoms. The summed E-state index contributed by atoms with van der Waals surface area (Å²) in [6.45, 7) is 4.60. The summed E-state index contributed by atoms with van der Waals surface area (Å²) in [5.41, 5.74) is -1.99. The molecule has 1 amide bonds. The molecule has 0 spiro atoms. The van der Waals surface area contributed by atoms with Crippen LogP contribution in [-0.2, 0) is 20.4 Å². The van der Waals surface area contributed by atoms with Crippen LogP contribution in [0.3, 0.4) is 0 Å². The molecule has 0 aromatic heterocycles. The zero-order chi connectivity index (χ0) is 22.8. The van der Waals surface area contributed by atoms with Gasteiger partial charge in [-0.05, 0) is 45.0 Å². The third-order valence-corrected chi connectivity index (χ3v) is 4.72. The summed E-state index contributed by atoms with van der Waals surface area (Å²) in [5.74, 6) is -1.39. The molecule has 9 heteroatoms. The number of nitrogens with one attached hydrogen (secondary N) is 1. The summed E-state index contributed by atoms with van der Waals surface area (Å²) in [7, 11) is 0. The predicted octanol–water partition coefficient (Wildman–Crippen LogP) is 5.32. The van der Waals surface area contributed by atoms with Crippen LogP contribution in [0.2, 0.25) is 0 Å². The topological polar surface area (TPSA) is 56.8 Å². The average molecular weight is 441 g/mol. The summed E-state index contributed by atoms with van der Waals surface area (Å²) in [6.07, 6.45) is -6.07. The number of carbonyl (C=O) groups excluding carboxylic acids is 1. The van der Waals surface area contributed by atoms with Gasteiger partial charge >= 0.3 is 6.18 Å². The molecule has 1 N–H and O–H groups in total. The predicted molar refractivity (Wildman–Crippen MR) is 105 cm³/mol. The maximum Gasteiger partial charge on any atom is 0.420 e. The van der Waals surface area contributed by atoms with E-state index in [0.29, 0.717) is 0 Å². The number of carbonyl (C=O) groups is 1. The van der Waals surface area contributed by atoms with Gasteiger partial charge in [-0.15, -0.1) is 0 Å². The molecule has 1 aliphatic rings. The van der Waals surface area contributed by atoms with Gasteiger partial charge in [0.25, 0.3) is 0 Å². The Kier molecular flexibility index (Phi) is 6.56. The number of alkyl halides is 3. The third kappa shape index (κ3) is 5.34. The van der Waals surface area contributed by atoms with Gasteiger partial charge in [0.1, 0.15) is 11.6 Å². The normalized spacial score (nSPS) is 21.7. The number of ether oxygens (including phenoxy) is 3. The van der Waals surface area contributed by atoms with E-state index >= 15 is 0 Å².